The summed E-state index contributed by atoms with van der Waals surface area (Å²) in [5.74, 6) is -1.47. The van der Waals surface area contributed by atoms with Crippen molar-refractivity contribution in [3.05, 3.63) is 71.8 Å². The molecule has 3 amide bonds. The fraction of sp³-hybridized carbons (Fsp3) is 0.370. The molecule has 12 nitrogen and oxygen atoms in total. The molecule has 0 bridgehead atoms. The third-order valence-corrected chi connectivity index (χ3v) is 4.79. The van der Waals surface area contributed by atoms with Gasteiger partial charge in [0.15, 0.2) is 0 Å². The summed E-state index contributed by atoms with van der Waals surface area (Å²) in [5.41, 5.74) is 0.734. The van der Waals surface area contributed by atoms with Gasteiger partial charge in [0.2, 0.25) is 5.96 Å². The third kappa shape index (κ3) is 13.5. The zero-order valence-corrected chi connectivity index (χ0v) is 22.1. The Balaban J connectivity index is 1.94. The van der Waals surface area contributed by atoms with Gasteiger partial charge in [-0.1, -0.05) is 60.7 Å². The van der Waals surface area contributed by atoms with E-state index in [1.165, 1.54) is 0 Å². The summed E-state index contributed by atoms with van der Waals surface area (Å²) in [6, 6.07) is 16.8. The van der Waals surface area contributed by atoms with Crippen molar-refractivity contribution in [2.45, 2.75) is 58.5 Å². The summed E-state index contributed by atoms with van der Waals surface area (Å²) < 4.78 is 15.4. The van der Waals surface area contributed by atoms with Crippen LogP contribution in [0.5, 0.6) is 0 Å². The van der Waals surface area contributed by atoms with Crippen molar-refractivity contribution in [2.75, 3.05) is 6.54 Å². The summed E-state index contributed by atoms with van der Waals surface area (Å²) in [7, 11) is 0. The Labute approximate surface area is 226 Å². The van der Waals surface area contributed by atoms with E-state index >= 15 is 0 Å². The second-order valence-corrected chi connectivity index (χ2v) is 9.29. The molecule has 1 atom stereocenters. The minimum Gasteiger partial charge on any atom is -0.480 e. The molecule has 0 fully saturated rings. The molecule has 0 saturated carbocycles. The fourth-order valence-corrected chi connectivity index (χ4v) is 3.03. The van der Waals surface area contributed by atoms with Gasteiger partial charge in [-0.25, -0.2) is 19.2 Å². The van der Waals surface area contributed by atoms with Crippen molar-refractivity contribution in [3.63, 3.8) is 0 Å². The van der Waals surface area contributed by atoms with Gasteiger partial charge in [0.25, 0.3) is 0 Å². The molecule has 0 aliphatic rings. The second kappa shape index (κ2) is 15.6. The van der Waals surface area contributed by atoms with Crippen LogP contribution in [-0.4, -0.2) is 53.5 Å². The quantitative estimate of drug-likeness (QED) is 0.151. The Morgan fingerprint density at radius 1 is 0.872 bits per heavy atom. The number of ether oxygens (including phenoxy) is 3. The minimum absolute atomic E-state index is 0.00493. The predicted octanol–water partition coefficient (Wildman–Crippen LogP) is 3.95. The molecule has 2 rings (SSSR count). The molecule has 0 aliphatic heterocycles. The molecular weight excluding hydrogens is 508 g/mol. The lowest BCUT2D eigenvalue weighted by Crippen LogP contribution is -2.45. The number of aliphatic imine (C=N–C) groups is 1. The summed E-state index contributed by atoms with van der Waals surface area (Å²) in [5, 5.41) is 16.9. The van der Waals surface area contributed by atoms with Crippen LogP contribution in [0.25, 0.3) is 0 Å². The second-order valence-electron chi connectivity index (χ2n) is 9.29. The SMILES string of the molecule is CC(C)(C)OC(=O)N[C@H](CCCN/C(=N\C(=O)OCc1ccccc1)NC(=O)OCc1ccccc1)C(=O)O. The number of hydrogen-bond acceptors (Lipinski definition) is 7. The molecule has 0 unspecified atom stereocenters. The highest BCUT2D eigenvalue weighted by Gasteiger charge is 2.23. The van der Waals surface area contributed by atoms with Crippen LogP contribution in [0.2, 0.25) is 0 Å². The van der Waals surface area contributed by atoms with Crippen LogP contribution >= 0.6 is 0 Å². The van der Waals surface area contributed by atoms with Crippen LogP contribution in [0.15, 0.2) is 65.7 Å². The van der Waals surface area contributed by atoms with Gasteiger partial charge in [-0.15, -0.1) is 4.99 Å². The maximum absolute atomic E-state index is 12.3. The Bertz CT molecular complexity index is 1120. The van der Waals surface area contributed by atoms with Crippen LogP contribution in [0.4, 0.5) is 14.4 Å². The summed E-state index contributed by atoms with van der Waals surface area (Å²) in [6.45, 7) is 5.06. The molecule has 0 spiro atoms. The molecule has 2 aromatic carbocycles. The summed E-state index contributed by atoms with van der Waals surface area (Å²) >= 11 is 0. The summed E-state index contributed by atoms with van der Waals surface area (Å²) in [6.07, 6.45) is -2.41. The predicted molar refractivity (Wildman–Crippen MR) is 142 cm³/mol. The largest absolute Gasteiger partial charge is 0.480 e. The van der Waals surface area contributed by atoms with Crippen LogP contribution in [0.1, 0.15) is 44.7 Å². The van der Waals surface area contributed by atoms with Crippen LogP contribution in [0.3, 0.4) is 0 Å². The first-order valence-corrected chi connectivity index (χ1v) is 12.2. The normalized spacial score (nSPS) is 12.0. The highest BCUT2D eigenvalue weighted by atomic mass is 16.6. The zero-order chi connectivity index (χ0) is 28.7. The third-order valence-electron chi connectivity index (χ3n) is 4.79. The number of nitrogens with one attached hydrogen (secondary N) is 3. The lowest BCUT2D eigenvalue weighted by atomic mass is 10.1. The minimum atomic E-state index is -1.23. The first kappa shape index (κ1) is 30.6. The van der Waals surface area contributed by atoms with Crippen molar-refractivity contribution in [1.29, 1.82) is 0 Å². The average Bonchev–Trinajstić information content (AvgIpc) is 2.88. The van der Waals surface area contributed by atoms with Crippen molar-refractivity contribution in [1.82, 2.24) is 16.0 Å². The standard InChI is InChI=1S/C27H34N4O8/c1-27(2,3)39-26(36)29-21(22(32)33)15-10-16-28-23(30-24(34)37-17-19-11-6-4-7-12-19)31-25(35)38-18-20-13-8-5-9-14-20/h4-9,11-14,21H,10,15-18H2,1-3H3,(H,29,36)(H,32,33)(H2,28,30,31,34,35)/t21-/m1/s1. The van der Waals surface area contributed by atoms with Gasteiger partial charge in [-0.2, -0.15) is 0 Å². The Kier molecular flexibility index (Phi) is 12.2. The Morgan fingerprint density at radius 3 is 1.97 bits per heavy atom. The monoisotopic (exact) mass is 542 g/mol. The molecule has 4 N–H and O–H groups in total. The lowest BCUT2D eigenvalue weighted by molar-refractivity contribution is -0.139. The molecule has 210 valence electrons. The first-order valence-electron chi connectivity index (χ1n) is 12.2. The van der Waals surface area contributed by atoms with E-state index < -0.39 is 35.9 Å². The van der Waals surface area contributed by atoms with Gasteiger partial charge in [-0.05, 0) is 44.7 Å². The molecule has 2 aromatic rings. The molecule has 0 aliphatic carbocycles. The van der Waals surface area contributed by atoms with Crippen molar-refractivity contribution < 1.29 is 38.5 Å². The zero-order valence-electron chi connectivity index (χ0n) is 22.1. The van der Waals surface area contributed by atoms with E-state index in [0.717, 1.165) is 11.1 Å². The molecule has 12 heteroatoms. The van der Waals surface area contributed by atoms with Crippen LogP contribution in [-0.2, 0) is 32.2 Å². The van der Waals surface area contributed by atoms with E-state index in [4.69, 9.17) is 14.2 Å². The number of nitrogens with zero attached hydrogens (tertiary/aromatic N) is 1. The molecule has 39 heavy (non-hydrogen) atoms. The van der Waals surface area contributed by atoms with Gasteiger partial charge in [0.1, 0.15) is 24.9 Å². The number of carboxylic acids is 1. The number of aliphatic carboxylic acids is 1. The maximum atomic E-state index is 12.3. The van der Waals surface area contributed by atoms with E-state index in [9.17, 15) is 24.3 Å². The number of rotatable bonds is 10. The smallest absolute Gasteiger partial charge is 0.437 e. The van der Waals surface area contributed by atoms with Gasteiger partial charge in [0, 0.05) is 6.54 Å². The number of carbonyl (C=O) groups excluding carboxylic acids is 3. The summed E-state index contributed by atoms with van der Waals surface area (Å²) in [4.78, 5) is 51.8. The van der Waals surface area contributed by atoms with E-state index in [2.05, 4.69) is 20.9 Å². The average molecular weight is 543 g/mol. The highest BCUT2D eigenvalue weighted by Crippen LogP contribution is 2.08. The topological polar surface area (TPSA) is 165 Å². The number of alkyl carbamates (subject to hydrolysis) is 2. The van der Waals surface area contributed by atoms with Crippen molar-refractivity contribution in [3.8, 4) is 0 Å². The van der Waals surface area contributed by atoms with Gasteiger partial charge in [0.05, 0.1) is 0 Å². The van der Waals surface area contributed by atoms with Gasteiger partial charge < -0.3 is 30.0 Å². The number of amides is 3. The van der Waals surface area contributed by atoms with Gasteiger partial charge >= 0.3 is 24.2 Å². The van der Waals surface area contributed by atoms with E-state index in [-0.39, 0.29) is 38.6 Å². The molecule has 0 radical (unpaired) electrons. The fourth-order valence-electron chi connectivity index (χ4n) is 3.03. The first-order chi connectivity index (χ1) is 18.5. The molecule has 0 aromatic heterocycles. The number of benzene rings is 2. The molecule has 0 saturated heterocycles. The van der Waals surface area contributed by atoms with Crippen molar-refractivity contribution >= 4 is 30.2 Å². The highest BCUT2D eigenvalue weighted by molar-refractivity contribution is 5.98. The Morgan fingerprint density at radius 2 is 1.44 bits per heavy atom. The lowest BCUT2D eigenvalue weighted by Gasteiger charge is -2.22. The van der Waals surface area contributed by atoms with E-state index in [1.54, 1.807) is 69.3 Å². The maximum Gasteiger partial charge on any atom is 0.437 e. The van der Waals surface area contributed by atoms with E-state index in [0.29, 0.717) is 0 Å². The number of carbonyl (C=O) groups is 4. The van der Waals surface area contributed by atoms with Crippen molar-refractivity contribution in [2.24, 2.45) is 4.99 Å². The van der Waals surface area contributed by atoms with Crippen LogP contribution in [0, 0.1) is 0 Å². The number of hydrogen-bond donors (Lipinski definition) is 4. The Hall–Kier alpha value is -4.61. The van der Waals surface area contributed by atoms with Crippen LogP contribution < -0.4 is 16.0 Å². The molecule has 0 heterocycles. The van der Waals surface area contributed by atoms with Gasteiger partial charge in [-0.3, -0.25) is 5.32 Å². The number of guanidine groups is 1. The van der Waals surface area contributed by atoms with E-state index in [1.807, 2.05) is 12.1 Å². The molecular formula is C27H34N4O8. The number of carboxylic acid groups (broad SMARTS) is 1.